The Labute approximate surface area is 109 Å². The average Bonchev–Trinajstić information content (AvgIpc) is 2.82. The molecule has 0 radical (unpaired) electrons. The molecule has 18 heavy (non-hydrogen) atoms. The van der Waals surface area contributed by atoms with Crippen LogP contribution in [0, 0.1) is 0 Å². The highest BCUT2D eigenvalue weighted by atomic mass is 16.2. The Morgan fingerprint density at radius 3 is 2.89 bits per heavy atom. The van der Waals surface area contributed by atoms with Gasteiger partial charge in [-0.1, -0.05) is 6.92 Å². The molecule has 0 saturated heterocycles. The van der Waals surface area contributed by atoms with Gasteiger partial charge in [0.15, 0.2) is 0 Å². The summed E-state index contributed by atoms with van der Waals surface area (Å²) in [6.45, 7) is 8.34. The van der Waals surface area contributed by atoms with Crippen LogP contribution in [-0.2, 0) is 17.9 Å². The topological polar surface area (TPSA) is 50.2 Å². The summed E-state index contributed by atoms with van der Waals surface area (Å²) in [5.41, 5.74) is 1.11. The van der Waals surface area contributed by atoms with Gasteiger partial charge in [0.2, 0.25) is 5.91 Å². The SMILES string of the molecule is CCCn1cc(CNC(C)C(=O)N(C)CC)cn1. The van der Waals surface area contributed by atoms with Gasteiger partial charge in [-0.05, 0) is 20.3 Å². The largest absolute Gasteiger partial charge is 0.345 e. The number of carbonyl (C=O) groups is 1. The maximum absolute atomic E-state index is 11.8. The summed E-state index contributed by atoms with van der Waals surface area (Å²) in [6.07, 6.45) is 4.95. The number of nitrogens with one attached hydrogen (secondary N) is 1. The molecule has 1 rings (SSSR count). The highest BCUT2D eigenvalue weighted by molar-refractivity contribution is 5.81. The van der Waals surface area contributed by atoms with Crippen molar-refractivity contribution >= 4 is 5.91 Å². The second-order valence-corrected chi connectivity index (χ2v) is 4.57. The summed E-state index contributed by atoms with van der Waals surface area (Å²) in [6, 6.07) is -0.163. The zero-order valence-corrected chi connectivity index (χ0v) is 11.8. The molecule has 0 fully saturated rings. The lowest BCUT2D eigenvalue weighted by Crippen LogP contribution is -2.42. The van der Waals surface area contributed by atoms with Crippen molar-refractivity contribution < 1.29 is 4.79 Å². The van der Waals surface area contributed by atoms with Crippen LogP contribution >= 0.6 is 0 Å². The van der Waals surface area contributed by atoms with E-state index >= 15 is 0 Å². The summed E-state index contributed by atoms with van der Waals surface area (Å²) in [5.74, 6) is 0.124. The van der Waals surface area contributed by atoms with E-state index in [4.69, 9.17) is 0 Å². The van der Waals surface area contributed by atoms with Crippen LogP contribution in [0.2, 0.25) is 0 Å². The van der Waals surface area contributed by atoms with E-state index in [2.05, 4.69) is 17.3 Å². The molecular formula is C13H24N4O. The van der Waals surface area contributed by atoms with Crippen LogP contribution in [0.15, 0.2) is 12.4 Å². The number of rotatable bonds is 7. The molecule has 5 nitrogen and oxygen atoms in total. The van der Waals surface area contributed by atoms with E-state index in [1.165, 1.54) is 0 Å². The first-order valence-electron chi connectivity index (χ1n) is 6.58. The second-order valence-electron chi connectivity index (χ2n) is 4.57. The molecule has 1 amide bonds. The Bertz CT molecular complexity index is 375. The van der Waals surface area contributed by atoms with Crippen molar-refractivity contribution in [1.82, 2.24) is 20.0 Å². The first kappa shape index (κ1) is 14.7. The van der Waals surface area contributed by atoms with Crippen molar-refractivity contribution in [3.63, 3.8) is 0 Å². The molecule has 0 saturated carbocycles. The molecular weight excluding hydrogens is 228 g/mol. The summed E-state index contributed by atoms with van der Waals surface area (Å²) >= 11 is 0. The molecule has 0 spiro atoms. The fourth-order valence-corrected chi connectivity index (χ4v) is 1.69. The lowest BCUT2D eigenvalue weighted by Gasteiger charge is -2.20. The van der Waals surface area contributed by atoms with Gasteiger partial charge in [-0.15, -0.1) is 0 Å². The van der Waals surface area contributed by atoms with Gasteiger partial charge in [0.1, 0.15) is 0 Å². The Kier molecular flexibility index (Phi) is 5.85. The number of nitrogens with zero attached hydrogens (tertiary/aromatic N) is 3. The Morgan fingerprint density at radius 1 is 1.56 bits per heavy atom. The van der Waals surface area contributed by atoms with Crippen LogP contribution in [0.5, 0.6) is 0 Å². The Balaban J connectivity index is 2.41. The number of hydrogen-bond donors (Lipinski definition) is 1. The number of carbonyl (C=O) groups excluding carboxylic acids is 1. The van der Waals surface area contributed by atoms with Gasteiger partial charge in [-0.3, -0.25) is 9.48 Å². The molecule has 0 bridgehead atoms. The quantitative estimate of drug-likeness (QED) is 0.794. The number of likely N-dealkylation sites (N-methyl/N-ethyl adjacent to an activating group) is 1. The fraction of sp³-hybridized carbons (Fsp3) is 0.692. The minimum absolute atomic E-state index is 0.124. The van der Waals surface area contributed by atoms with Crippen molar-refractivity contribution in [1.29, 1.82) is 0 Å². The summed E-state index contributed by atoms with van der Waals surface area (Å²) in [5, 5.41) is 7.49. The molecule has 5 heteroatoms. The van der Waals surface area contributed by atoms with Gasteiger partial charge in [0.25, 0.3) is 0 Å². The molecule has 0 aliphatic heterocycles. The molecule has 1 heterocycles. The zero-order chi connectivity index (χ0) is 13.5. The zero-order valence-electron chi connectivity index (χ0n) is 11.8. The monoisotopic (exact) mass is 252 g/mol. The van der Waals surface area contributed by atoms with E-state index in [0.29, 0.717) is 6.54 Å². The first-order chi connectivity index (χ1) is 8.58. The van der Waals surface area contributed by atoms with Crippen LogP contribution in [0.3, 0.4) is 0 Å². The minimum Gasteiger partial charge on any atom is -0.345 e. The van der Waals surface area contributed by atoms with Crippen molar-refractivity contribution in [3.8, 4) is 0 Å². The Morgan fingerprint density at radius 2 is 2.28 bits per heavy atom. The van der Waals surface area contributed by atoms with E-state index in [1.54, 1.807) is 4.90 Å². The van der Waals surface area contributed by atoms with Gasteiger partial charge in [-0.25, -0.2) is 0 Å². The smallest absolute Gasteiger partial charge is 0.239 e. The maximum atomic E-state index is 11.8. The third kappa shape index (κ3) is 4.14. The highest BCUT2D eigenvalue weighted by Crippen LogP contribution is 2.00. The van der Waals surface area contributed by atoms with Crippen molar-refractivity contribution in [2.45, 2.75) is 46.3 Å². The van der Waals surface area contributed by atoms with E-state index < -0.39 is 0 Å². The van der Waals surface area contributed by atoms with Crippen LogP contribution < -0.4 is 5.32 Å². The normalized spacial score (nSPS) is 12.4. The number of aromatic nitrogens is 2. The van der Waals surface area contributed by atoms with E-state index in [1.807, 2.05) is 38.0 Å². The molecule has 0 aromatic carbocycles. The summed E-state index contributed by atoms with van der Waals surface area (Å²) in [4.78, 5) is 13.6. The predicted octanol–water partition coefficient (Wildman–Crippen LogP) is 1.25. The molecule has 1 aromatic rings. The van der Waals surface area contributed by atoms with Crippen LogP contribution in [0.1, 0.15) is 32.8 Å². The fourth-order valence-electron chi connectivity index (χ4n) is 1.69. The van der Waals surface area contributed by atoms with E-state index in [0.717, 1.165) is 25.1 Å². The minimum atomic E-state index is -0.163. The second kappa shape index (κ2) is 7.16. The maximum Gasteiger partial charge on any atom is 0.239 e. The highest BCUT2D eigenvalue weighted by Gasteiger charge is 2.15. The van der Waals surface area contributed by atoms with Crippen LogP contribution in [0.4, 0.5) is 0 Å². The van der Waals surface area contributed by atoms with Gasteiger partial charge in [0.05, 0.1) is 12.2 Å². The average molecular weight is 252 g/mol. The molecule has 102 valence electrons. The number of aryl methyl sites for hydroxylation is 1. The van der Waals surface area contributed by atoms with Gasteiger partial charge in [-0.2, -0.15) is 5.10 Å². The molecule has 0 aliphatic rings. The Hall–Kier alpha value is -1.36. The van der Waals surface area contributed by atoms with Crippen molar-refractivity contribution in [3.05, 3.63) is 18.0 Å². The van der Waals surface area contributed by atoms with Crippen LogP contribution in [-0.4, -0.2) is 40.2 Å². The van der Waals surface area contributed by atoms with E-state index in [9.17, 15) is 4.79 Å². The lowest BCUT2D eigenvalue weighted by atomic mass is 10.2. The first-order valence-corrected chi connectivity index (χ1v) is 6.58. The third-order valence-corrected chi connectivity index (χ3v) is 2.97. The molecule has 0 aliphatic carbocycles. The molecule has 1 unspecified atom stereocenters. The molecule has 1 N–H and O–H groups in total. The van der Waals surface area contributed by atoms with Gasteiger partial charge < -0.3 is 10.2 Å². The van der Waals surface area contributed by atoms with E-state index in [-0.39, 0.29) is 11.9 Å². The standard InChI is InChI=1S/C13H24N4O/c1-5-7-17-10-12(9-15-17)8-14-11(3)13(18)16(4)6-2/h9-11,14H,5-8H2,1-4H3. The number of amides is 1. The summed E-state index contributed by atoms with van der Waals surface area (Å²) in [7, 11) is 1.82. The predicted molar refractivity (Wildman–Crippen MR) is 72.1 cm³/mol. The number of hydrogen-bond acceptors (Lipinski definition) is 3. The van der Waals surface area contributed by atoms with Crippen LogP contribution in [0.25, 0.3) is 0 Å². The lowest BCUT2D eigenvalue weighted by molar-refractivity contribution is -0.131. The molecule has 1 atom stereocenters. The van der Waals surface area contributed by atoms with Crippen molar-refractivity contribution in [2.75, 3.05) is 13.6 Å². The third-order valence-electron chi connectivity index (χ3n) is 2.97. The summed E-state index contributed by atoms with van der Waals surface area (Å²) < 4.78 is 1.93. The van der Waals surface area contributed by atoms with Gasteiger partial charge in [0, 0.05) is 38.4 Å². The van der Waals surface area contributed by atoms with Gasteiger partial charge >= 0.3 is 0 Å². The molecule has 1 aromatic heterocycles. The van der Waals surface area contributed by atoms with Crippen molar-refractivity contribution in [2.24, 2.45) is 0 Å².